The maximum Gasteiger partial charge on any atom is 0.219 e. The van der Waals surface area contributed by atoms with Gasteiger partial charge < -0.3 is 4.90 Å². The Bertz CT molecular complexity index is 492. The fraction of sp³-hybridized carbons (Fsp3) is 0.800. The van der Waals surface area contributed by atoms with E-state index in [2.05, 4.69) is 35.0 Å². The average molecular weight is 276 g/mol. The summed E-state index contributed by atoms with van der Waals surface area (Å²) in [5.74, 6) is 0.538. The molecule has 0 N–H and O–H groups in total. The van der Waals surface area contributed by atoms with Crippen molar-refractivity contribution in [2.24, 2.45) is 5.41 Å². The van der Waals surface area contributed by atoms with Gasteiger partial charge in [0.1, 0.15) is 0 Å². The normalized spacial score (nSPS) is 23.6. The lowest BCUT2D eigenvalue weighted by atomic mass is 9.76. The minimum atomic E-state index is 0.156. The van der Waals surface area contributed by atoms with E-state index < -0.39 is 0 Å². The topological polar surface area (TPSA) is 51.0 Å². The highest BCUT2D eigenvalue weighted by atomic mass is 16.2. The highest BCUT2D eigenvalue weighted by Crippen LogP contribution is 2.40. The zero-order chi connectivity index (χ0) is 14.3. The van der Waals surface area contributed by atoms with Gasteiger partial charge in [-0.2, -0.15) is 0 Å². The van der Waals surface area contributed by atoms with Crippen molar-refractivity contribution in [2.45, 2.75) is 58.4 Å². The SMILES string of the molecule is CC(=O)N1CC(c2cn(C3CCC(C)(C)CC3)nn2)C1. The summed E-state index contributed by atoms with van der Waals surface area (Å²) in [6, 6.07) is 0.508. The molecule has 0 unspecified atom stereocenters. The van der Waals surface area contributed by atoms with Crippen LogP contribution in [0.4, 0.5) is 0 Å². The van der Waals surface area contributed by atoms with Crippen molar-refractivity contribution < 1.29 is 4.79 Å². The lowest BCUT2D eigenvalue weighted by Gasteiger charge is -2.37. The summed E-state index contributed by atoms with van der Waals surface area (Å²) in [5, 5.41) is 8.64. The van der Waals surface area contributed by atoms with Gasteiger partial charge in [-0.05, 0) is 31.1 Å². The Morgan fingerprint density at radius 3 is 2.55 bits per heavy atom. The van der Waals surface area contributed by atoms with Crippen molar-refractivity contribution in [1.82, 2.24) is 19.9 Å². The first-order valence-corrected chi connectivity index (χ1v) is 7.62. The van der Waals surface area contributed by atoms with Crippen molar-refractivity contribution in [1.29, 1.82) is 0 Å². The van der Waals surface area contributed by atoms with Crippen LogP contribution < -0.4 is 0 Å². The smallest absolute Gasteiger partial charge is 0.219 e. The molecule has 0 bridgehead atoms. The van der Waals surface area contributed by atoms with Crippen molar-refractivity contribution >= 4 is 5.91 Å². The molecule has 2 aliphatic rings. The largest absolute Gasteiger partial charge is 0.341 e. The Morgan fingerprint density at radius 2 is 1.95 bits per heavy atom. The molecule has 2 heterocycles. The first-order valence-electron chi connectivity index (χ1n) is 7.62. The highest BCUT2D eigenvalue weighted by molar-refractivity contribution is 5.74. The lowest BCUT2D eigenvalue weighted by molar-refractivity contribution is -0.133. The zero-order valence-corrected chi connectivity index (χ0v) is 12.7. The average Bonchev–Trinajstić information content (AvgIpc) is 2.75. The summed E-state index contributed by atoms with van der Waals surface area (Å²) >= 11 is 0. The van der Waals surface area contributed by atoms with Gasteiger partial charge in [-0.1, -0.05) is 19.1 Å². The Morgan fingerprint density at radius 1 is 1.30 bits per heavy atom. The van der Waals surface area contributed by atoms with Crippen LogP contribution in [0.15, 0.2) is 6.20 Å². The van der Waals surface area contributed by atoms with Crippen LogP contribution in [-0.2, 0) is 4.79 Å². The van der Waals surface area contributed by atoms with Gasteiger partial charge >= 0.3 is 0 Å². The van der Waals surface area contributed by atoms with E-state index in [-0.39, 0.29) is 5.91 Å². The fourth-order valence-electron chi connectivity index (χ4n) is 3.23. The molecule has 1 aliphatic carbocycles. The third-order valence-electron chi connectivity index (χ3n) is 4.96. The van der Waals surface area contributed by atoms with Gasteiger partial charge in [0, 0.05) is 32.1 Å². The quantitative estimate of drug-likeness (QED) is 0.833. The number of carbonyl (C=O) groups excluding carboxylic acids is 1. The molecule has 3 rings (SSSR count). The van der Waals surface area contributed by atoms with Crippen LogP contribution in [0.1, 0.15) is 64.1 Å². The molecule has 20 heavy (non-hydrogen) atoms. The number of rotatable bonds is 2. The van der Waals surface area contributed by atoms with E-state index in [0.717, 1.165) is 18.8 Å². The molecule has 1 saturated heterocycles. The number of aromatic nitrogens is 3. The lowest BCUT2D eigenvalue weighted by Crippen LogP contribution is -2.47. The molecule has 1 saturated carbocycles. The third kappa shape index (κ3) is 2.58. The first-order chi connectivity index (χ1) is 9.44. The van der Waals surface area contributed by atoms with Gasteiger partial charge in [0.25, 0.3) is 0 Å². The molecule has 1 amide bonds. The molecule has 0 radical (unpaired) electrons. The summed E-state index contributed by atoms with van der Waals surface area (Å²) < 4.78 is 2.06. The molecular weight excluding hydrogens is 252 g/mol. The second-order valence-electron chi connectivity index (χ2n) is 7.14. The Labute approximate surface area is 120 Å². The summed E-state index contributed by atoms with van der Waals surface area (Å²) in [6.45, 7) is 7.91. The van der Waals surface area contributed by atoms with Crippen molar-refractivity contribution in [3.05, 3.63) is 11.9 Å². The van der Waals surface area contributed by atoms with Crippen LogP contribution in [0.5, 0.6) is 0 Å². The number of hydrogen-bond acceptors (Lipinski definition) is 3. The molecule has 1 aliphatic heterocycles. The molecule has 0 spiro atoms. The monoisotopic (exact) mass is 276 g/mol. The molecule has 1 aromatic heterocycles. The van der Waals surface area contributed by atoms with Crippen LogP contribution in [0.2, 0.25) is 0 Å². The number of nitrogens with zero attached hydrogens (tertiary/aromatic N) is 4. The summed E-state index contributed by atoms with van der Waals surface area (Å²) in [4.78, 5) is 13.1. The van der Waals surface area contributed by atoms with Crippen LogP contribution in [-0.4, -0.2) is 38.9 Å². The van der Waals surface area contributed by atoms with Crippen LogP contribution in [0.3, 0.4) is 0 Å². The Kier molecular flexibility index (Phi) is 3.30. The van der Waals surface area contributed by atoms with Gasteiger partial charge in [-0.3, -0.25) is 4.79 Å². The van der Waals surface area contributed by atoms with Crippen LogP contribution in [0.25, 0.3) is 0 Å². The van der Waals surface area contributed by atoms with E-state index in [1.54, 1.807) is 6.92 Å². The Balaban J connectivity index is 1.59. The molecule has 5 nitrogen and oxygen atoms in total. The van der Waals surface area contributed by atoms with Gasteiger partial charge in [-0.25, -0.2) is 4.68 Å². The molecule has 5 heteroatoms. The minimum absolute atomic E-state index is 0.156. The van der Waals surface area contributed by atoms with E-state index >= 15 is 0 Å². The second-order valence-corrected chi connectivity index (χ2v) is 7.14. The standard InChI is InChI=1S/C15H24N4O/c1-11(20)18-8-12(9-18)14-10-19(17-16-14)13-4-6-15(2,3)7-5-13/h10,12-13H,4-9H2,1-3H3. The summed E-state index contributed by atoms with van der Waals surface area (Å²) in [5.41, 5.74) is 1.53. The van der Waals surface area contributed by atoms with Gasteiger partial charge in [-0.15, -0.1) is 5.10 Å². The van der Waals surface area contributed by atoms with Gasteiger partial charge in [0.05, 0.1) is 11.7 Å². The number of amides is 1. The summed E-state index contributed by atoms with van der Waals surface area (Å²) in [7, 11) is 0. The van der Waals surface area contributed by atoms with Crippen LogP contribution in [0, 0.1) is 5.41 Å². The predicted molar refractivity (Wildman–Crippen MR) is 76.3 cm³/mol. The van der Waals surface area contributed by atoms with Gasteiger partial charge in [0.15, 0.2) is 0 Å². The maximum absolute atomic E-state index is 11.2. The second kappa shape index (κ2) is 4.86. The molecular formula is C15H24N4O. The van der Waals surface area contributed by atoms with Crippen molar-refractivity contribution in [3.8, 4) is 0 Å². The van der Waals surface area contributed by atoms with E-state index in [1.165, 1.54) is 25.7 Å². The van der Waals surface area contributed by atoms with E-state index in [1.807, 2.05) is 4.90 Å². The maximum atomic E-state index is 11.2. The molecule has 0 aromatic carbocycles. The molecule has 1 aromatic rings. The third-order valence-corrected chi connectivity index (χ3v) is 4.96. The summed E-state index contributed by atoms with van der Waals surface area (Å²) in [6.07, 6.45) is 7.01. The first kappa shape index (κ1) is 13.6. The fourth-order valence-corrected chi connectivity index (χ4v) is 3.23. The highest BCUT2D eigenvalue weighted by Gasteiger charge is 2.33. The van der Waals surface area contributed by atoms with Crippen LogP contribution >= 0.6 is 0 Å². The predicted octanol–water partition coefficient (Wildman–Crippen LogP) is 2.37. The van der Waals surface area contributed by atoms with Gasteiger partial charge in [0.2, 0.25) is 5.91 Å². The van der Waals surface area contributed by atoms with Crippen molar-refractivity contribution in [3.63, 3.8) is 0 Å². The van der Waals surface area contributed by atoms with E-state index in [0.29, 0.717) is 17.4 Å². The Hall–Kier alpha value is -1.39. The van der Waals surface area contributed by atoms with E-state index in [9.17, 15) is 4.79 Å². The molecule has 2 fully saturated rings. The number of likely N-dealkylation sites (tertiary alicyclic amines) is 1. The molecule has 0 atom stereocenters. The number of hydrogen-bond donors (Lipinski definition) is 0. The minimum Gasteiger partial charge on any atom is -0.341 e. The number of carbonyl (C=O) groups is 1. The van der Waals surface area contributed by atoms with E-state index in [4.69, 9.17) is 0 Å². The van der Waals surface area contributed by atoms with Crippen molar-refractivity contribution in [2.75, 3.05) is 13.1 Å². The molecule has 110 valence electrons. The zero-order valence-electron chi connectivity index (χ0n) is 12.7.